The van der Waals surface area contributed by atoms with Gasteiger partial charge in [0.05, 0.1) is 12.3 Å². The summed E-state index contributed by atoms with van der Waals surface area (Å²) in [6.07, 6.45) is -5.65. The number of aromatic nitrogens is 1. The molecule has 0 radical (unpaired) electrons. The third kappa shape index (κ3) is 4.79. The van der Waals surface area contributed by atoms with Crippen molar-refractivity contribution < 1.29 is 37.7 Å². The number of aliphatic hydroxyl groups is 1. The molecular weight excluding hydrogens is 407 g/mol. The van der Waals surface area contributed by atoms with E-state index >= 15 is 0 Å². The molecule has 0 saturated heterocycles. The summed E-state index contributed by atoms with van der Waals surface area (Å²) in [6, 6.07) is 6.74. The monoisotopic (exact) mass is 425 g/mol. The second kappa shape index (κ2) is 8.57. The van der Waals surface area contributed by atoms with Gasteiger partial charge in [-0.3, -0.25) is 4.79 Å². The SMILES string of the molecule is O=C(O)NCc1cc(Oc2cccc3c2CCC(=O)N3CCO)nc(C(F)(F)F)c1. The number of benzene rings is 1. The van der Waals surface area contributed by atoms with Gasteiger partial charge in [-0.1, -0.05) is 6.07 Å². The van der Waals surface area contributed by atoms with Gasteiger partial charge >= 0.3 is 12.3 Å². The quantitative estimate of drug-likeness (QED) is 0.656. The first-order valence-electron chi connectivity index (χ1n) is 8.95. The van der Waals surface area contributed by atoms with Crippen LogP contribution in [-0.4, -0.2) is 40.3 Å². The lowest BCUT2D eigenvalue weighted by atomic mass is 10.00. The first-order chi connectivity index (χ1) is 14.2. The molecule has 0 atom stereocenters. The van der Waals surface area contributed by atoms with Crippen molar-refractivity contribution >= 4 is 17.7 Å². The van der Waals surface area contributed by atoms with Gasteiger partial charge < -0.3 is 25.2 Å². The molecule has 0 aliphatic carbocycles. The Bertz CT molecular complexity index is 965. The van der Waals surface area contributed by atoms with Crippen LogP contribution in [0.15, 0.2) is 30.3 Å². The number of carbonyl (C=O) groups excluding carboxylic acids is 1. The number of pyridine rings is 1. The molecule has 30 heavy (non-hydrogen) atoms. The number of carbonyl (C=O) groups is 2. The Morgan fingerprint density at radius 3 is 2.70 bits per heavy atom. The summed E-state index contributed by atoms with van der Waals surface area (Å²) in [5, 5.41) is 19.9. The van der Waals surface area contributed by atoms with Crippen molar-refractivity contribution in [2.75, 3.05) is 18.1 Å². The first kappa shape index (κ1) is 21.4. The molecule has 3 N–H and O–H groups in total. The highest BCUT2D eigenvalue weighted by molar-refractivity contribution is 5.97. The van der Waals surface area contributed by atoms with Crippen molar-refractivity contribution in [3.05, 3.63) is 47.2 Å². The summed E-state index contributed by atoms with van der Waals surface area (Å²) in [4.78, 5) is 27.7. The second-order valence-electron chi connectivity index (χ2n) is 6.48. The summed E-state index contributed by atoms with van der Waals surface area (Å²) in [5.74, 6) is -0.300. The van der Waals surface area contributed by atoms with Crippen molar-refractivity contribution in [3.8, 4) is 11.6 Å². The molecule has 1 aromatic heterocycles. The molecule has 0 spiro atoms. The van der Waals surface area contributed by atoms with E-state index in [2.05, 4.69) is 4.98 Å². The van der Waals surface area contributed by atoms with E-state index in [1.807, 2.05) is 5.32 Å². The molecule has 2 heterocycles. The number of amides is 2. The van der Waals surface area contributed by atoms with Crippen LogP contribution in [0.2, 0.25) is 0 Å². The second-order valence-corrected chi connectivity index (χ2v) is 6.48. The van der Waals surface area contributed by atoms with Gasteiger partial charge in [-0.25, -0.2) is 9.78 Å². The van der Waals surface area contributed by atoms with E-state index in [0.29, 0.717) is 17.7 Å². The number of alkyl halides is 3. The van der Waals surface area contributed by atoms with E-state index in [1.165, 1.54) is 11.0 Å². The molecule has 1 aromatic carbocycles. The highest BCUT2D eigenvalue weighted by Gasteiger charge is 2.34. The third-order valence-corrected chi connectivity index (χ3v) is 4.42. The Morgan fingerprint density at radius 1 is 1.27 bits per heavy atom. The van der Waals surface area contributed by atoms with Crippen molar-refractivity contribution in [1.29, 1.82) is 0 Å². The summed E-state index contributed by atoms with van der Waals surface area (Å²) >= 11 is 0. The predicted molar refractivity (Wildman–Crippen MR) is 98.4 cm³/mol. The van der Waals surface area contributed by atoms with Crippen molar-refractivity contribution in [3.63, 3.8) is 0 Å². The average molecular weight is 425 g/mol. The molecule has 3 rings (SSSR count). The number of anilines is 1. The minimum atomic E-state index is -4.75. The van der Waals surface area contributed by atoms with Crippen LogP contribution in [0.5, 0.6) is 11.6 Å². The Kier molecular flexibility index (Phi) is 6.11. The lowest BCUT2D eigenvalue weighted by Crippen LogP contribution is -2.37. The summed E-state index contributed by atoms with van der Waals surface area (Å²) in [6.45, 7) is -0.517. The van der Waals surface area contributed by atoms with Crippen molar-refractivity contribution in [1.82, 2.24) is 10.3 Å². The highest BCUT2D eigenvalue weighted by atomic mass is 19.4. The average Bonchev–Trinajstić information content (AvgIpc) is 2.68. The van der Waals surface area contributed by atoms with Gasteiger partial charge in [-0.05, 0) is 30.2 Å². The minimum absolute atomic E-state index is 0.0246. The number of halogens is 3. The summed E-state index contributed by atoms with van der Waals surface area (Å²) < 4.78 is 45.3. The van der Waals surface area contributed by atoms with Crippen LogP contribution >= 0.6 is 0 Å². The number of hydrogen-bond donors (Lipinski definition) is 3. The van der Waals surface area contributed by atoms with Gasteiger partial charge in [0, 0.05) is 31.1 Å². The van der Waals surface area contributed by atoms with E-state index in [-0.39, 0.29) is 49.2 Å². The van der Waals surface area contributed by atoms with E-state index in [4.69, 9.17) is 9.84 Å². The number of aliphatic hydroxyl groups excluding tert-OH is 1. The van der Waals surface area contributed by atoms with E-state index < -0.39 is 18.0 Å². The topological polar surface area (TPSA) is 112 Å². The zero-order valence-corrected chi connectivity index (χ0v) is 15.6. The van der Waals surface area contributed by atoms with E-state index in [0.717, 1.165) is 6.07 Å². The Hall–Kier alpha value is -3.34. The standard InChI is InChI=1S/C19H18F3N3O5/c20-19(21,22)15-8-11(10-23-18(28)29)9-16(24-15)30-14-3-1-2-13-12(14)4-5-17(27)25(13)6-7-26/h1-3,8-9,23,26H,4-7,10H2,(H,28,29). The number of nitrogens with one attached hydrogen (secondary N) is 1. The van der Waals surface area contributed by atoms with Crippen LogP contribution < -0.4 is 15.0 Å². The number of fused-ring (bicyclic) bond motifs is 1. The molecule has 0 unspecified atom stereocenters. The van der Waals surface area contributed by atoms with Crippen LogP contribution in [0.3, 0.4) is 0 Å². The zero-order valence-electron chi connectivity index (χ0n) is 15.6. The molecule has 0 bridgehead atoms. The van der Waals surface area contributed by atoms with Gasteiger partial charge in [-0.2, -0.15) is 13.2 Å². The van der Waals surface area contributed by atoms with Crippen LogP contribution in [0.4, 0.5) is 23.7 Å². The highest BCUT2D eigenvalue weighted by Crippen LogP contribution is 2.37. The first-order valence-corrected chi connectivity index (χ1v) is 8.95. The van der Waals surface area contributed by atoms with Crippen LogP contribution in [0.25, 0.3) is 0 Å². The van der Waals surface area contributed by atoms with Gasteiger partial charge in [0.2, 0.25) is 11.8 Å². The molecule has 1 aliphatic heterocycles. The lowest BCUT2D eigenvalue weighted by molar-refractivity contribution is -0.141. The maximum atomic E-state index is 13.2. The Morgan fingerprint density at radius 2 is 2.03 bits per heavy atom. The predicted octanol–water partition coefficient (Wildman–Crippen LogP) is 2.93. The molecule has 0 fully saturated rings. The van der Waals surface area contributed by atoms with Crippen molar-refractivity contribution in [2.24, 2.45) is 0 Å². The summed E-state index contributed by atoms with van der Waals surface area (Å²) in [7, 11) is 0. The number of nitrogens with zero attached hydrogens (tertiary/aromatic N) is 2. The van der Waals surface area contributed by atoms with Gasteiger partial charge in [0.1, 0.15) is 11.4 Å². The molecule has 2 aromatic rings. The van der Waals surface area contributed by atoms with Gasteiger partial charge in [0.25, 0.3) is 0 Å². The number of carboxylic acid groups (broad SMARTS) is 1. The fraction of sp³-hybridized carbons (Fsp3) is 0.316. The minimum Gasteiger partial charge on any atom is -0.465 e. The fourth-order valence-electron chi connectivity index (χ4n) is 3.15. The van der Waals surface area contributed by atoms with Crippen LogP contribution in [0.1, 0.15) is 23.2 Å². The maximum Gasteiger partial charge on any atom is 0.433 e. The summed E-state index contributed by atoms with van der Waals surface area (Å²) in [5.41, 5.74) is -0.0757. The molecule has 2 amide bonds. The molecule has 11 heteroatoms. The Balaban J connectivity index is 1.97. The maximum absolute atomic E-state index is 13.2. The normalized spacial score (nSPS) is 13.7. The zero-order chi connectivity index (χ0) is 21.9. The molecule has 8 nitrogen and oxygen atoms in total. The smallest absolute Gasteiger partial charge is 0.433 e. The fourth-order valence-corrected chi connectivity index (χ4v) is 3.15. The van der Waals surface area contributed by atoms with Crippen LogP contribution in [-0.2, 0) is 23.9 Å². The number of hydrogen-bond acceptors (Lipinski definition) is 5. The largest absolute Gasteiger partial charge is 0.465 e. The van der Waals surface area contributed by atoms with Gasteiger partial charge in [0.15, 0.2) is 0 Å². The number of rotatable bonds is 6. The molecule has 1 aliphatic rings. The van der Waals surface area contributed by atoms with E-state index in [9.17, 15) is 27.9 Å². The van der Waals surface area contributed by atoms with Gasteiger partial charge in [-0.15, -0.1) is 0 Å². The molecule has 0 saturated carbocycles. The third-order valence-electron chi connectivity index (χ3n) is 4.42. The Labute approximate surface area is 168 Å². The lowest BCUT2D eigenvalue weighted by Gasteiger charge is -2.30. The molecule has 160 valence electrons. The number of β-amino-alcohol motifs (C(OH)–C–C–N with tert-alkyl or cyclic N) is 1. The molecular formula is C19H18F3N3O5. The van der Waals surface area contributed by atoms with Crippen molar-refractivity contribution in [2.45, 2.75) is 25.6 Å². The van der Waals surface area contributed by atoms with Crippen LogP contribution in [0, 0.1) is 0 Å². The number of ether oxygens (including phenoxy) is 1. The van der Waals surface area contributed by atoms with E-state index in [1.54, 1.807) is 18.2 Å².